The maximum atomic E-state index is 10.3. The fraction of sp³-hybridized carbons (Fsp3) is 0.667. The quantitative estimate of drug-likeness (QED) is 0.619. The van der Waals surface area contributed by atoms with Crippen molar-refractivity contribution in [2.75, 3.05) is 0 Å². The van der Waals surface area contributed by atoms with Gasteiger partial charge >= 0.3 is 5.97 Å². The Morgan fingerprint density at radius 2 is 2.55 bits per heavy atom. The summed E-state index contributed by atoms with van der Waals surface area (Å²) in [7, 11) is 0. The van der Waals surface area contributed by atoms with Gasteiger partial charge in [-0.25, -0.2) is 0 Å². The van der Waals surface area contributed by atoms with E-state index in [4.69, 9.17) is 5.11 Å². The Morgan fingerprint density at radius 1 is 1.82 bits per heavy atom. The number of aliphatic carboxylic acids is 1. The molecule has 0 aromatic rings. The maximum Gasteiger partial charge on any atom is 0.303 e. The van der Waals surface area contributed by atoms with Crippen LogP contribution in [0.1, 0.15) is 32.6 Å². The summed E-state index contributed by atoms with van der Waals surface area (Å²) in [5.74, 6) is -0.387. The van der Waals surface area contributed by atoms with Gasteiger partial charge in [0.25, 0.3) is 0 Å². The van der Waals surface area contributed by atoms with E-state index in [0.717, 1.165) is 19.3 Å². The van der Waals surface area contributed by atoms with Crippen LogP contribution in [0.25, 0.3) is 0 Å². The smallest absolute Gasteiger partial charge is 0.303 e. The second-order valence-electron chi connectivity index (χ2n) is 3.26. The number of carboxylic acids is 1. The first kappa shape index (κ1) is 8.31. The fourth-order valence-corrected chi connectivity index (χ4v) is 1.60. The summed E-state index contributed by atoms with van der Waals surface area (Å²) >= 11 is 0. The molecule has 1 N–H and O–H groups in total. The molecule has 0 fully saturated rings. The van der Waals surface area contributed by atoms with Crippen molar-refractivity contribution in [1.82, 2.24) is 0 Å². The third kappa shape index (κ3) is 2.74. The number of allylic oxidation sites excluding steroid dienone is 2. The number of hydrogen-bond acceptors (Lipinski definition) is 1. The van der Waals surface area contributed by atoms with Gasteiger partial charge in [0.05, 0.1) is 6.42 Å². The molecule has 0 aliphatic heterocycles. The Balaban J connectivity index is 2.46. The summed E-state index contributed by atoms with van der Waals surface area (Å²) in [5.41, 5.74) is 1.35. The lowest BCUT2D eigenvalue weighted by molar-refractivity contribution is -0.137. The van der Waals surface area contributed by atoms with Gasteiger partial charge in [-0.15, -0.1) is 0 Å². The molecule has 0 spiro atoms. The third-order valence-corrected chi connectivity index (χ3v) is 2.10. The number of carboxylic acid groups (broad SMARTS) is 1. The molecule has 0 amide bonds. The molecule has 11 heavy (non-hydrogen) atoms. The predicted molar refractivity (Wildman–Crippen MR) is 43.4 cm³/mol. The van der Waals surface area contributed by atoms with Crippen molar-refractivity contribution in [1.29, 1.82) is 0 Å². The summed E-state index contributed by atoms with van der Waals surface area (Å²) in [6.07, 6.45) is 5.76. The fourth-order valence-electron chi connectivity index (χ4n) is 1.60. The normalized spacial score (nSPS) is 24.5. The van der Waals surface area contributed by atoms with E-state index in [2.05, 4.69) is 13.0 Å². The zero-order valence-electron chi connectivity index (χ0n) is 6.84. The Bertz CT molecular complexity index is 182. The molecular formula is C9H14O2. The second kappa shape index (κ2) is 3.56. The van der Waals surface area contributed by atoms with Crippen LogP contribution in [-0.4, -0.2) is 11.1 Å². The van der Waals surface area contributed by atoms with Crippen molar-refractivity contribution in [3.05, 3.63) is 11.6 Å². The van der Waals surface area contributed by atoms with Crippen LogP contribution in [0.2, 0.25) is 0 Å². The molecule has 1 atom stereocenters. The van der Waals surface area contributed by atoms with Crippen LogP contribution < -0.4 is 0 Å². The lowest BCUT2D eigenvalue weighted by atomic mass is 9.89. The zero-order chi connectivity index (χ0) is 8.27. The molecule has 0 aromatic heterocycles. The monoisotopic (exact) mass is 154 g/mol. The van der Waals surface area contributed by atoms with E-state index in [0.29, 0.717) is 12.3 Å². The molecule has 2 heteroatoms. The summed E-state index contributed by atoms with van der Waals surface area (Å²) in [5, 5.41) is 8.52. The van der Waals surface area contributed by atoms with Crippen molar-refractivity contribution in [3.63, 3.8) is 0 Å². The minimum absolute atomic E-state index is 0.293. The van der Waals surface area contributed by atoms with Gasteiger partial charge in [-0.3, -0.25) is 4.79 Å². The van der Waals surface area contributed by atoms with Crippen LogP contribution in [0.4, 0.5) is 0 Å². The van der Waals surface area contributed by atoms with E-state index in [1.165, 1.54) is 5.57 Å². The van der Waals surface area contributed by atoms with Crippen molar-refractivity contribution >= 4 is 5.97 Å². The van der Waals surface area contributed by atoms with Gasteiger partial charge in [-0.05, 0) is 32.1 Å². The van der Waals surface area contributed by atoms with E-state index in [1.54, 1.807) is 0 Å². The van der Waals surface area contributed by atoms with Gasteiger partial charge in [0.1, 0.15) is 0 Å². The van der Waals surface area contributed by atoms with Crippen LogP contribution in [-0.2, 0) is 4.79 Å². The molecule has 0 saturated carbocycles. The average Bonchev–Trinajstić information content (AvgIpc) is 1.85. The first-order valence-electron chi connectivity index (χ1n) is 4.07. The Kier molecular flexibility index (Phi) is 2.69. The topological polar surface area (TPSA) is 37.3 Å². The van der Waals surface area contributed by atoms with Gasteiger partial charge in [0, 0.05) is 0 Å². The first-order valence-corrected chi connectivity index (χ1v) is 4.07. The van der Waals surface area contributed by atoms with Crippen LogP contribution in [0.15, 0.2) is 11.6 Å². The van der Waals surface area contributed by atoms with Crippen LogP contribution in [0.5, 0.6) is 0 Å². The summed E-state index contributed by atoms with van der Waals surface area (Å²) < 4.78 is 0. The van der Waals surface area contributed by atoms with Crippen LogP contribution >= 0.6 is 0 Å². The molecule has 1 unspecified atom stereocenters. The average molecular weight is 154 g/mol. The van der Waals surface area contributed by atoms with E-state index in [-0.39, 0.29) is 0 Å². The van der Waals surface area contributed by atoms with Crippen molar-refractivity contribution in [2.24, 2.45) is 5.92 Å². The summed E-state index contributed by atoms with van der Waals surface area (Å²) in [6.45, 7) is 2.08. The molecular weight excluding hydrogens is 140 g/mol. The number of carbonyl (C=O) groups is 1. The van der Waals surface area contributed by atoms with E-state index in [1.807, 2.05) is 0 Å². The highest BCUT2D eigenvalue weighted by molar-refractivity contribution is 5.67. The summed E-state index contributed by atoms with van der Waals surface area (Å²) in [6, 6.07) is 0. The highest BCUT2D eigenvalue weighted by Crippen LogP contribution is 2.24. The Morgan fingerprint density at radius 3 is 3.09 bits per heavy atom. The first-order chi connectivity index (χ1) is 5.18. The Labute approximate surface area is 66.9 Å². The molecule has 0 radical (unpaired) electrons. The minimum Gasteiger partial charge on any atom is -0.481 e. The lowest BCUT2D eigenvalue weighted by Crippen LogP contribution is -2.09. The second-order valence-corrected chi connectivity index (χ2v) is 3.26. The molecule has 0 bridgehead atoms. The standard InChI is InChI=1S/C9H14O2/c1-7-3-2-4-8(5-7)6-9(10)11/h5,8H,2-4,6H2,1H3,(H,10,11). The van der Waals surface area contributed by atoms with Crippen LogP contribution in [0, 0.1) is 5.92 Å². The number of rotatable bonds is 2. The van der Waals surface area contributed by atoms with Gasteiger partial charge in [-0.1, -0.05) is 11.6 Å². The molecule has 0 aromatic carbocycles. The van der Waals surface area contributed by atoms with Gasteiger partial charge < -0.3 is 5.11 Å². The van der Waals surface area contributed by atoms with E-state index < -0.39 is 5.97 Å². The SMILES string of the molecule is CC1=CC(CC(=O)O)CCC1. The molecule has 1 rings (SSSR count). The van der Waals surface area contributed by atoms with Gasteiger partial charge in [0.2, 0.25) is 0 Å². The van der Waals surface area contributed by atoms with E-state index in [9.17, 15) is 4.79 Å². The van der Waals surface area contributed by atoms with Gasteiger partial charge in [-0.2, -0.15) is 0 Å². The Hall–Kier alpha value is -0.790. The van der Waals surface area contributed by atoms with Gasteiger partial charge in [0.15, 0.2) is 0 Å². The van der Waals surface area contributed by atoms with Crippen molar-refractivity contribution in [2.45, 2.75) is 32.6 Å². The zero-order valence-corrected chi connectivity index (χ0v) is 6.84. The van der Waals surface area contributed by atoms with Crippen molar-refractivity contribution < 1.29 is 9.90 Å². The molecule has 62 valence electrons. The van der Waals surface area contributed by atoms with Crippen molar-refractivity contribution in [3.8, 4) is 0 Å². The molecule has 0 saturated heterocycles. The highest BCUT2D eigenvalue weighted by Gasteiger charge is 2.13. The predicted octanol–water partition coefficient (Wildman–Crippen LogP) is 2.21. The number of hydrogen-bond donors (Lipinski definition) is 1. The maximum absolute atomic E-state index is 10.3. The largest absolute Gasteiger partial charge is 0.481 e. The summed E-state index contributed by atoms with van der Waals surface area (Å²) in [4.78, 5) is 10.3. The molecule has 0 heterocycles. The van der Waals surface area contributed by atoms with E-state index >= 15 is 0 Å². The lowest BCUT2D eigenvalue weighted by Gasteiger charge is -2.16. The third-order valence-electron chi connectivity index (χ3n) is 2.10. The van der Waals surface area contributed by atoms with Crippen LogP contribution in [0.3, 0.4) is 0 Å². The molecule has 1 aliphatic rings. The minimum atomic E-state index is -0.680. The highest BCUT2D eigenvalue weighted by atomic mass is 16.4. The molecule has 2 nitrogen and oxygen atoms in total. The molecule has 1 aliphatic carbocycles.